The molecule has 110 valence electrons. The van der Waals surface area contributed by atoms with Gasteiger partial charge in [0, 0.05) is 0 Å². The Morgan fingerprint density at radius 1 is 0.909 bits per heavy atom. The van der Waals surface area contributed by atoms with Crippen LogP contribution in [-0.4, -0.2) is 25.7 Å². The second-order valence-corrected chi connectivity index (χ2v) is 4.88. The van der Waals surface area contributed by atoms with Gasteiger partial charge in [0.25, 0.3) is 0 Å². The van der Waals surface area contributed by atoms with E-state index in [1.807, 2.05) is 42.5 Å². The molecule has 0 aliphatic rings. The van der Waals surface area contributed by atoms with E-state index in [2.05, 4.69) is 4.74 Å². The molecule has 0 amide bonds. The van der Waals surface area contributed by atoms with Gasteiger partial charge in [-0.1, -0.05) is 36.4 Å². The maximum atomic E-state index is 12.2. The van der Waals surface area contributed by atoms with Crippen LogP contribution in [0.25, 0.3) is 21.5 Å². The molecule has 3 aromatic rings. The summed E-state index contributed by atoms with van der Waals surface area (Å²) in [4.78, 5) is 23.3. The molecule has 0 heterocycles. The molecule has 0 bridgehead atoms. The molecule has 0 N–H and O–H groups in total. The third-order valence-electron chi connectivity index (χ3n) is 3.52. The molecule has 4 nitrogen and oxygen atoms in total. The quantitative estimate of drug-likeness (QED) is 0.549. The van der Waals surface area contributed by atoms with Gasteiger partial charge in [-0.3, -0.25) is 0 Å². The van der Waals surface area contributed by atoms with Crippen molar-refractivity contribution in [2.24, 2.45) is 0 Å². The van der Waals surface area contributed by atoms with Crippen LogP contribution in [0.15, 0.2) is 54.6 Å². The number of carbonyl (C=O) groups excluding carboxylic acids is 2. The van der Waals surface area contributed by atoms with Gasteiger partial charge in [-0.05, 0) is 39.7 Å². The van der Waals surface area contributed by atoms with E-state index >= 15 is 0 Å². The van der Waals surface area contributed by atoms with Crippen LogP contribution in [0.2, 0.25) is 0 Å². The second kappa shape index (κ2) is 5.85. The van der Waals surface area contributed by atoms with Crippen molar-refractivity contribution in [1.82, 2.24) is 0 Å². The molecular weight excluding hydrogens is 280 g/mol. The molecule has 0 saturated heterocycles. The number of fused-ring (bicyclic) bond motifs is 2. The molecule has 3 aromatic carbocycles. The Labute approximate surface area is 127 Å². The molecule has 0 unspecified atom stereocenters. The van der Waals surface area contributed by atoms with Gasteiger partial charge < -0.3 is 9.47 Å². The molecule has 22 heavy (non-hydrogen) atoms. The zero-order valence-electron chi connectivity index (χ0n) is 12.0. The number of rotatable bonds is 3. The minimum Gasteiger partial charge on any atom is -0.466 e. The standard InChI is InChI=1S/C18H14O4/c1-21-17(19)11-22-18(20)15-8-4-7-14-9-12-5-2-3-6-13(12)10-16(14)15/h2-10H,11H2,1H3. The first-order valence-corrected chi connectivity index (χ1v) is 6.84. The van der Waals surface area contributed by atoms with E-state index in [4.69, 9.17) is 4.74 Å². The summed E-state index contributed by atoms with van der Waals surface area (Å²) in [5, 5.41) is 3.90. The van der Waals surface area contributed by atoms with Gasteiger partial charge in [-0.2, -0.15) is 0 Å². The molecule has 0 spiro atoms. The molecule has 0 aliphatic heterocycles. The average Bonchev–Trinajstić information content (AvgIpc) is 2.56. The van der Waals surface area contributed by atoms with Gasteiger partial charge in [0.2, 0.25) is 0 Å². The van der Waals surface area contributed by atoms with Crippen molar-refractivity contribution in [3.8, 4) is 0 Å². The Kier molecular flexibility index (Phi) is 3.74. The Balaban J connectivity index is 2.04. The van der Waals surface area contributed by atoms with Gasteiger partial charge >= 0.3 is 11.9 Å². The normalized spacial score (nSPS) is 10.6. The van der Waals surface area contributed by atoms with Crippen LogP contribution < -0.4 is 0 Å². The lowest BCUT2D eigenvalue weighted by Crippen LogP contribution is -2.15. The summed E-state index contributed by atoms with van der Waals surface area (Å²) in [6, 6.07) is 17.4. The van der Waals surface area contributed by atoms with Crippen molar-refractivity contribution >= 4 is 33.5 Å². The van der Waals surface area contributed by atoms with Crippen LogP contribution in [0.1, 0.15) is 10.4 Å². The Morgan fingerprint density at radius 2 is 1.59 bits per heavy atom. The number of hydrogen-bond acceptors (Lipinski definition) is 4. The molecule has 4 heteroatoms. The third kappa shape index (κ3) is 2.63. The van der Waals surface area contributed by atoms with Crippen molar-refractivity contribution in [2.75, 3.05) is 13.7 Å². The highest BCUT2D eigenvalue weighted by atomic mass is 16.6. The fourth-order valence-electron chi connectivity index (χ4n) is 2.41. The van der Waals surface area contributed by atoms with Crippen molar-refractivity contribution < 1.29 is 19.1 Å². The molecule has 0 fully saturated rings. The highest BCUT2D eigenvalue weighted by molar-refractivity contribution is 6.09. The number of ether oxygens (including phenoxy) is 2. The largest absolute Gasteiger partial charge is 0.466 e. The minimum atomic E-state index is -0.584. The fraction of sp³-hybridized carbons (Fsp3) is 0.111. The maximum absolute atomic E-state index is 12.2. The number of carbonyl (C=O) groups is 2. The predicted octanol–water partition coefficient (Wildman–Crippen LogP) is 3.32. The molecule has 0 aromatic heterocycles. The first kappa shape index (κ1) is 14.1. The second-order valence-electron chi connectivity index (χ2n) is 4.88. The van der Waals surface area contributed by atoms with Crippen LogP contribution in [0.3, 0.4) is 0 Å². The average molecular weight is 294 g/mol. The topological polar surface area (TPSA) is 52.6 Å². The van der Waals surface area contributed by atoms with Crippen LogP contribution in [0, 0.1) is 0 Å². The highest BCUT2D eigenvalue weighted by Crippen LogP contribution is 2.25. The monoisotopic (exact) mass is 294 g/mol. The molecule has 0 aliphatic carbocycles. The van der Waals surface area contributed by atoms with Gasteiger partial charge in [0.15, 0.2) is 6.61 Å². The van der Waals surface area contributed by atoms with Crippen LogP contribution in [0.5, 0.6) is 0 Å². The van der Waals surface area contributed by atoms with Gasteiger partial charge in [0.1, 0.15) is 0 Å². The summed E-state index contributed by atoms with van der Waals surface area (Å²) in [7, 11) is 1.25. The Morgan fingerprint density at radius 3 is 2.32 bits per heavy atom. The molecular formula is C18H14O4. The number of hydrogen-bond donors (Lipinski definition) is 0. The van der Waals surface area contributed by atoms with Crippen molar-refractivity contribution in [2.45, 2.75) is 0 Å². The van der Waals surface area contributed by atoms with Crippen LogP contribution in [0.4, 0.5) is 0 Å². The summed E-state index contributed by atoms with van der Waals surface area (Å²) in [5.74, 6) is -1.12. The van der Waals surface area contributed by atoms with Gasteiger partial charge in [-0.15, -0.1) is 0 Å². The van der Waals surface area contributed by atoms with E-state index in [-0.39, 0.29) is 6.61 Å². The van der Waals surface area contributed by atoms with Crippen molar-refractivity contribution in [3.05, 3.63) is 60.2 Å². The lowest BCUT2D eigenvalue weighted by molar-refractivity contribution is -0.144. The number of esters is 2. The highest BCUT2D eigenvalue weighted by Gasteiger charge is 2.13. The van der Waals surface area contributed by atoms with Crippen LogP contribution >= 0.6 is 0 Å². The smallest absolute Gasteiger partial charge is 0.344 e. The van der Waals surface area contributed by atoms with E-state index in [0.717, 1.165) is 21.5 Å². The van der Waals surface area contributed by atoms with E-state index in [1.165, 1.54) is 7.11 Å². The van der Waals surface area contributed by atoms with E-state index < -0.39 is 11.9 Å². The minimum absolute atomic E-state index is 0.390. The molecule has 0 radical (unpaired) electrons. The molecule has 0 atom stereocenters. The van der Waals surface area contributed by atoms with E-state index in [0.29, 0.717) is 5.56 Å². The summed E-state index contributed by atoms with van der Waals surface area (Å²) >= 11 is 0. The summed E-state index contributed by atoms with van der Waals surface area (Å²) in [5.41, 5.74) is 0.437. The summed E-state index contributed by atoms with van der Waals surface area (Å²) in [6.07, 6.45) is 0. The van der Waals surface area contributed by atoms with E-state index in [1.54, 1.807) is 12.1 Å². The summed E-state index contributed by atoms with van der Waals surface area (Å²) < 4.78 is 9.45. The zero-order chi connectivity index (χ0) is 15.5. The number of benzene rings is 3. The Bertz CT molecular complexity index is 867. The first-order chi connectivity index (χ1) is 10.7. The zero-order valence-corrected chi connectivity index (χ0v) is 12.0. The van der Waals surface area contributed by atoms with Gasteiger partial charge in [0.05, 0.1) is 12.7 Å². The first-order valence-electron chi connectivity index (χ1n) is 6.84. The lowest BCUT2D eigenvalue weighted by Gasteiger charge is -2.08. The SMILES string of the molecule is COC(=O)COC(=O)c1cccc2cc3ccccc3cc12. The van der Waals surface area contributed by atoms with Crippen molar-refractivity contribution in [3.63, 3.8) is 0 Å². The van der Waals surface area contributed by atoms with Gasteiger partial charge in [-0.25, -0.2) is 9.59 Å². The lowest BCUT2D eigenvalue weighted by atomic mass is 10.00. The molecule has 0 saturated carbocycles. The predicted molar refractivity (Wildman–Crippen MR) is 83.8 cm³/mol. The third-order valence-corrected chi connectivity index (χ3v) is 3.52. The fourth-order valence-corrected chi connectivity index (χ4v) is 2.41. The number of methoxy groups -OCH3 is 1. The van der Waals surface area contributed by atoms with Crippen LogP contribution in [-0.2, 0) is 14.3 Å². The van der Waals surface area contributed by atoms with E-state index in [9.17, 15) is 9.59 Å². The van der Waals surface area contributed by atoms with Crippen molar-refractivity contribution in [1.29, 1.82) is 0 Å². The maximum Gasteiger partial charge on any atom is 0.344 e. The Hall–Kier alpha value is -2.88. The summed E-state index contributed by atoms with van der Waals surface area (Å²) in [6.45, 7) is -0.390. The molecule has 3 rings (SSSR count).